The van der Waals surface area contributed by atoms with Gasteiger partial charge in [-0.3, -0.25) is 4.79 Å². The van der Waals surface area contributed by atoms with Crippen LogP contribution in [0.1, 0.15) is 42.5 Å². The number of carbonyl (C=O) groups excluding carboxylic acids is 1. The lowest BCUT2D eigenvalue weighted by Crippen LogP contribution is -2.55. The molecule has 1 spiro atoms. The number of carbonyl (C=O) groups is 1. The molecule has 1 aliphatic carbocycles. The van der Waals surface area contributed by atoms with Gasteiger partial charge in [0.05, 0.1) is 17.6 Å². The number of nitrogens with zero attached hydrogens (tertiary/aromatic N) is 1. The van der Waals surface area contributed by atoms with Gasteiger partial charge in [0, 0.05) is 12.5 Å². The average molecular weight is 353 g/mol. The molecule has 1 fully saturated rings. The Morgan fingerprint density at radius 1 is 1.12 bits per heavy atom. The first-order valence-corrected chi connectivity index (χ1v) is 8.73. The van der Waals surface area contributed by atoms with E-state index in [-0.39, 0.29) is 11.7 Å². The van der Waals surface area contributed by atoms with Gasteiger partial charge in [-0.2, -0.15) is 5.26 Å². The zero-order chi connectivity index (χ0) is 18.3. The van der Waals surface area contributed by atoms with Crippen LogP contribution in [0.15, 0.2) is 36.4 Å². The number of hydrogen-bond donors (Lipinski definition) is 0. The molecule has 1 aliphatic heterocycles. The van der Waals surface area contributed by atoms with Gasteiger partial charge in [-0.1, -0.05) is 6.07 Å². The third kappa shape index (κ3) is 2.66. The molecule has 1 unspecified atom stereocenters. The lowest BCUT2D eigenvalue weighted by molar-refractivity contribution is -0.0584. The third-order valence-electron chi connectivity index (χ3n) is 5.45. The highest BCUT2D eigenvalue weighted by atomic mass is 19.1. The Morgan fingerprint density at radius 3 is 2.46 bits per heavy atom. The van der Waals surface area contributed by atoms with Crippen molar-refractivity contribution >= 4 is 5.78 Å². The Balaban J connectivity index is 1.74. The molecule has 1 saturated carbocycles. The number of rotatable bonds is 3. The van der Waals surface area contributed by atoms with Crippen molar-refractivity contribution in [2.24, 2.45) is 5.92 Å². The lowest BCUT2D eigenvalue weighted by Gasteiger charge is -2.49. The molecule has 2 aromatic carbocycles. The second-order valence-electron chi connectivity index (χ2n) is 7.00. The van der Waals surface area contributed by atoms with Crippen molar-refractivity contribution in [3.05, 3.63) is 53.6 Å². The molecule has 0 saturated heterocycles. The van der Waals surface area contributed by atoms with E-state index in [1.165, 1.54) is 12.1 Å². The molecule has 3 nitrogen and oxygen atoms in total. The van der Waals surface area contributed by atoms with Crippen molar-refractivity contribution in [1.29, 1.82) is 5.26 Å². The van der Waals surface area contributed by atoms with Crippen LogP contribution in [0.5, 0.6) is 5.75 Å². The first-order valence-electron chi connectivity index (χ1n) is 8.73. The minimum absolute atomic E-state index is 0.00169. The first-order chi connectivity index (χ1) is 12.5. The Kier molecular flexibility index (Phi) is 3.99. The quantitative estimate of drug-likeness (QED) is 0.776. The molecule has 0 N–H and O–H groups in total. The number of halogens is 2. The normalized spacial score (nSPS) is 20.0. The van der Waals surface area contributed by atoms with Crippen LogP contribution < -0.4 is 4.74 Å². The standard InChI is InChI=1S/C21H17F2NO2/c22-15-9-14(10-16(23)12-15)13-4-5-17-19(11-13)26-21(6-2-7-21)18(20(17)25)3-1-8-24/h4-5,9-12,18H,1-3,6-7H2. The topological polar surface area (TPSA) is 50.1 Å². The fourth-order valence-electron chi connectivity index (χ4n) is 4.01. The van der Waals surface area contributed by atoms with Crippen molar-refractivity contribution in [1.82, 2.24) is 0 Å². The van der Waals surface area contributed by atoms with Crippen LogP contribution in [0.4, 0.5) is 8.78 Å². The predicted octanol–water partition coefficient (Wildman–Crippen LogP) is 5.05. The number of Topliss-reactive ketones (excluding diaryl/α,β-unsaturated/α-hetero) is 1. The highest BCUT2D eigenvalue weighted by Crippen LogP contribution is 2.50. The Labute approximate surface area is 150 Å². The number of benzene rings is 2. The molecule has 2 aromatic rings. The maximum absolute atomic E-state index is 13.5. The van der Waals surface area contributed by atoms with E-state index in [9.17, 15) is 13.6 Å². The number of ketones is 1. The number of fused-ring (bicyclic) bond motifs is 1. The second kappa shape index (κ2) is 6.21. The summed E-state index contributed by atoms with van der Waals surface area (Å²) in [6.45, 7) is 0. The van der Waals surface area contributed by atoms with Crippen LogP contribution in [0.3, 0.4) is 0 Å². The van der Waals surface area contributed by atoms with Crippen LogP contribution >= 0.6 is 0 Å². The summed E-state index contributed by atoms with van der Waals surface area (Å²) in [5.74, 6) is -1.15. The Morgan fingerprint density at radius 2 is 1.85 bits per heavy atom. The first kappa shape index (κ1) is 16.7. The molecule has 0 aromatic heterocycles. The fraction of sp³-hybridized carbons (Fsp3) is 0.333. The van der Waals surface area contributed by atoms with Gasteiger partial charge in [-0.05, 0) is 61.1 Å². The summed E-state index contributed by atoms with van der Waals surface area (Å²) >= 11 is 0. The van der Waals surface area contributed by atoms with E-state index >= 15 is 0 Å². The Hall–Kier alpha value is -2.74. The smallest absolute Gasteiger partial charge is 0.173 e. The zero-order valence-corrected chi connectivity index (χ0v) is 14.1. The molecule has 1 atom stereocenters. The van der Waals surface area contributed by atoms with E-state index in [0.29, 0.717) is 35.3 Å². The second-order valence-corrected chi connectivity index (χ2v) is 7.00. The van der Waals surface area contributed by atoms with Gasteiger partial charge in [-0.15, -0.1) is 0 Å². The highest BCUT2D eigenvalue weighted by Gasteiger charge is 2.52. The Bertz CT molecular complexity index is 908. The van der Waals surface area contributed by atoms with E-state index in [1.807, 2.05) is 0 Å². The molecular weight excluding hydrogens is 336 g/mol. The van der Waals surface area contributed by atoms with Gasteiger partial charge in [0.2, 0.25) is 0 Å². The number of hydrogen-bond acceptors (Lipinski definition) is 3. The van der Waals surface area contributed by atoms with Gasteiger partial charge >= 0.3 is 0 Å². The maximum atomic E-state index is 13.5. The van der Waals surface area contributed by atoms with Crippen molar-refractivity contribution in [3.63, 3.8) is 0 Å². The summed E-state index contributed by atoms with van der Waals surface area (Å²) in [5.41, 5.74) is 0.939. The van der Waals surface area contributed by atoms with E-state index in [1.54, 1.807) is 18.2 Å². The maximum Gasteiger partial charge on any atom is 0.173 e. The molecule has 4 rings (SSSR count). The van der Waals surface area contributed by atoms with Gasteiger partial charge in [0.1, 0.15) is 23.0 Å². The minimum Gasteiger partial charge on any atom is -0.486 e. The van der Waals surface area contributed by atoms with Crippen LogP contribution in [-0.4, -0.2) is 11.4 Å². The van der Waals surface area contributed by atoms with Crippen molar-refractivity contribution in [2.45, 2.75) is 37.7 Å². The molecule has 26 heavy (non-hydrogen) atoms. The number of ether oxygens (including phenoxy) is 1. The molecule has 0 radical (unpaired) electrons. The molecule has 0 bridgehead atoms. The minimum atomic E-state index is -0.651. The summed E-state index contributed by atoms with van der Waals surface area (Å²) in [5, 5.41) is 8.88. The summed E-state index contributed by atoms with van der Waals surface area (Å²) in [4.78, 5) is 13.0. The summed E-state index contributed by atoms with van der Waals surface area (Å²) in [6, 6.07) is 10.5. The molecule has 0 amide bonds. The van der Waals surface area contributed by atoms with E-state index < -0.39 is 17.2 Å². The van der Waals surface area contributed by atoms with Crippen molar-refractivity contribution in [2.75, 3.05) is 0 Å². The van der Waals surface area contributed by atoms with Crippen LogP contribution in [-0.2, 0) is 0 Å². The molecule has 2 aliphatic rings. The van der Waals surface area contributed by atoms with E-state index in [2.05, 4.69) is 6.07 Å². The summed E-state index contributed by atoms with van der Waals surface area (Å²) < 4.78 is 33.3. The van der Waals surface area contributed by atoms with Crippen LogP contribution in [0, 0.1) is 28.9 Å². The molecule has 132 valence electrons. The SMILES string of the molecule is N#CCCC1C(=O)c2ccc(-c3cc(F)cc(F)c3)cc2OC12CCC2. The molecule has 1 heterocycles. The average Bonchev–Trinajstić information content (AvgIpc) is 2.58. The number of nitriles is 1. The highest BCUT2D eigenvalue weighted by molar-refractivity contribution is 6.02. The van der Waals surface area contributed by atoms with Gasteiger partial charge < -0.3 is 4.74 Å². The molecular formula is C21H17F2NO2. The lowest BCUT2D eigenvalue weighted by atomic mass is 9.65. The van der Waals surface area contributed by atoms with Crippen LogP contribution in [0.2, 0.25) is 0 Å². The van der Waals surface area contributed by atoms with Gasteiger partial charge in [0.15, 0.2) is 5.78 Å². The molecule has 5 heteroatoms. The van der Waals surface area contributed by atoms with Gasteiger partial charge in [-0.25, -0.2) is 8.78 Å². The monoisotopic (exact) mass is 353 g/mol. The van der Waals surface area contributed by atoms with E-state index in [0.717, 1.165) is 25.3 Å². The fourth-order valence-corrected chi connectivity index (χ4v) is 4.01. The van der Waals surface area contributed by atoms with Crippen LogP contribution in [0.25, 0.3) is 11.1 Å². The predicted molar refractivity (Wildman–Crippen MR) is 91.7 cm³/mol. The summed E-state index contributed by atoms with van der Waals surface area (Å²) in [6.07, 6.45) is 3.36. The van der Waals surface area contributed by atoms with Gasteiger partial charge in [0.25, 0.3) is 0 Å². The van der Waals surface area contributed by atoms with E-state index in [4.69, 9.17) is 10.00 Å². The van der Waals surface area contributed by atoms with Crippen molar-refractivity contribution < 1.29 is 18.3 Å². The van der Waals surface area contributed by atoms with Crippen molar-refractivity contribution in [3.8, 4) is 22.9 Å². The largest absolute Gasteiger partial charge is 0.486 e. The summed E-state index contributed by atoms with van der Waals surface area (Å²) in [7, 11) is 0. The zero-order valence-electron chi connectivity index (χ0n) is 14.1. The third-order valence-corrected chi connectivity index (χ3v) is 5.45.